The molecule has 0 saturated heterocycles. The normalized spacial score (nSPS) is 23.2. The molecule has 2 fully saturated rings. The number of carbonyl (C=O) groups excluding carboxylic acids is 1. The summed E-state index contributed by atoms with van der Waals surface area (Å²) in [5.74, 6) is 0.631. The highest BCUT2D eigenvalue weighted by atomic mass is 32.1. The second-order valence-electron chi connectivity index (χ2n) is 5.52. The highest BCUT2D eigenvalue weighted by Gasteiger charge is 2.46. The second-order valence-corrected chi connectivity index (χ2v) is 6.47. The average molecular weight is 265 g/mol. The Morgan fingerprint density at radius 2 is 2.22 bits per heavy atom. The molecule has 4 heteroatoms. The lowest BCUT2D eigenvalue weighted by atomic mass is 9.84. The minimum atomic E-state index is -0.840. The summed E-state index contributed by atoms with van der Waals surface area (Å²) in [7, 11) is 0. The maximum absolute atomic E-state index is 11.9. The predicted octanol–water partition coefficient (Wildman–Crippen LogP) is 2.26. The van der Waals surface area contributed by atoms with E-state index >= 15 is 0 Å². The molecule has 3 rings (SSSR count). The topological polar surface area (TPSA) is 49.3 Å². The monoisotopic (exact) mass is 265 g/mol. The van der Waals surface area contributed by atoms with Crippen molar-refractivity contribution in [3.05, 3.63) is 22.4 Å². The van der Waals surface area contributed by atoms with Crippen molar-refractivity contribution >= 4 is 17.2 Å². The third kappa shape index (κ3) is 2.19. The molecule has 0 aromatic carbocycles. The standard InChI is InChI=1S/C14H19NO2S/c16-13(10-3-1-4-10)15-9-14(17,11-6-7-11)12-5-2-8-18-12/h2,5,8,10-11,17H,1,3-4,6-7,9H2,(H,15,16)/t14-/m1/s1. The Hall–Kier alpha value is -0.870. The summed E-state index contributed by atoms with van der Waals surface area (Å²) < 4.78 is 0. The number of carbonyl (C=O) groups is 1. The number of rotatable bonds is 5. The fourth-order valence-corrected chi connectivity index (χ4v) is 3.46. The van der Waals surface area contributed by atoms with Gasteiger partial charge in [-0.1, -0.05) is 12.5 Å². The van der Waals surface area contributed by atoms with E-state index in [1.54, 1.807) is 11.3 Å². The van der Waals surface area contributed by atoms with Crippen LogP contribution < -0.4 is 5.32 Å². The SMILES string of the molecule is O=C(NC[C@](O)(c1cccs1)C1CC1)C1CCC1. The Morgan fingerprint density at radius 3 is 2.72 bits per heavy atom. The first-order valence-corrected chi connectivity index (χ1v) is 7.62. The molecule has 0 aliphatic heterocycles. The van der Waals surface area contributed by atoms with Crippen LogP contribution in [0.4, 0.5) is 0 Å². The summed E-state index contributed by atoms with van der Waals surface area (Å²) in [4.78, 5) is 12.9. The lowest BCUT2D eigenvalue weighted by Crippen LogP contribution is -2.45. The predicted molar refractivity (Wildman–Crippen MR) is 71.3 cm³/mol. The first kappa shape index (κ1) is 12.2. The lowest BCUT2D eigenvalue weighted by molar-refractivity contribution is -0.129. The second kappa shape index (κ2) is 4.67. The lowest BCUT2D eigenvalue weighted by Gasteiger charge is -2.30. The Morgan fingerprint density at radius 1 is 1.44 bits per heavy atom. The van der Waals surface area contributed by atoms with Gasteiger partial charge in [-0.3, -0.25) is 4.79 Å². The number of aliphatic hydroxyl groups is 1. The molecule has 2 saturated carbocycles. The van der Waals surface area contributed by atoms with Crippen LogP contribution in [-0.4, -0.2) is 17.6 Å². The van der Waals surface area contributed by atoms with Gasteiger partial charge in [0.05, 0.1) is 6.54 Å². The first-order chi connectivity index (χ1) is 8.70. The molecule has 1 aromatic heterocycles. The molecule has 1 amide bonds. The zero-order valence-electron chi connectivity index (χ0n) is 10.4. The van der Waals surface area contributed by atoms with Gasteiger partial charge in [-0.25, -0.2) is 0 Å². The van der Waals surface area contributed by atoms with E-state index in [-0.39, 0.29) is 11.8 Å². The van der Waals surface area contributed by atoms with E-state index < -0.39 is 5.60 Å². The molecule has 2 aliphatic rings. The number of nitrogens with one attached hydrogen (secondary N) is 1. The molecule has 1 aromatic rings. The van der Waals surface area contributed by atoms with Crippen molar-refractivity contribution in [1.29, 1.82) is 0 Å². The van der Waals surface area contributed by atoms with Gasteiger partial charge in [0.1, 0.15) is 5.60 Å². The van der Waals surface area contributed by atoms with Crippen LogP contribution in [0.5, 0.6) is 0 Å². The quantitative estimate of drug-likeness (QED) is 0.858. The van der Waals surface area contributed by atoms with Crippen LogP contribution in [0.1, 0.15) is 37.0 Å². The smallest absolute Gasteiger partial charge is 0.223 e. The van der Waals surface area contributed by atoms with Gasteiger partial charge in [0, 0.05) is 10.8 Å². The Kier molecular flexibility index (Phi) is 3.16. The Labute approximate surface area is 111 Å². The van der Waals surface area contributed by atoms with Gasteiger partial charge in [0.2, 0.25) is 5.91 Å². The molecule has 0 bridgehead atoms. The fraction of sp³-hybridized carbons (Fsp3) is 0.643. The third-order valence-corrected chi connectivity index (χ3v) is 5.25. The maximum atomic E-state index is 11.9. The van der Waals surface area contributed by atoms with Crippen LogP contribution >= 0.6 is 11.3 Å². The fourth-order valence-electron chi connectivity index (χ4n) is 2.56. The molecule has 2 aliphatic carbocycles. The Bertz CT molecular complexity index is 423. The van der Waals surface area contributed by atoms with Crippen molar-refractivity contribution in [3.63, 3.8) is 0 Å². The summed E-state index contributed by atoms with van der Waals surface area (Å²) in [6.45, 7) is 0.369. The molecular weight excluding hydrogens is 246 g/mol. The zero-order chi connectivity index (χ0) is 12.6. The van der Waals surface area contributed by atoms with Crippen LogP contribution in [0.3, 0.4) is 0 Å². The average Bonchev–Trinajstić information content (AvgIpc) is 3.00. The van der Waals surface area contributed by atoms with E-state index in [1.165, 1.54) is 0 Å². The molecule has 0 radical (unpaired) electrons. The van der Waals surface area contributed by atoms with E-state index in [2.05, 4.69) is 5.32 Å². The van der Waals surface area contributed by atoms with E-state index in [1.807, 2.05) is 17.5 Å². The van der Waals surface area contributed by atoms with E-state index in [4.69, 9.17) is 0 Å². The molecule has 3 nitrogen and oxygen atoms in total. The zero-order valence-corrected chi connectivity index (χ0v) is 11.2. The van der Waals surface area contributed by atoms with Gasteiger partial charge in [-0.15, -0.1) is 11.3 Å². The van der Waals surface area contributed by atoms with Gasteiger partial charge in [-0.2, -0.15) is 0 Å². The van der Waals surface area contributed by atoms with Gasteiger partial charge in [-0.05, 0) is 43.0 Å². The van der Waals surface area contributed by atoms with Crippen LogP contribution in [0.15, 0.2) is 17.5 Å². The number of hydrogen-bond donors (Lipinski definition) is 2. The molecule has 98 valence electrons. The van der Waals surface area contributed by atoms with Crippen molar-refractivity contribution in [2.24, 2.45) is 11.8 Å². The Balaban J connectivity index is 1.65. The summed E-state index contributed by atoms with van der Waals surface area (Å²) in [5.41, 5.74) is -0.840. The van der Waals surface area contributed by atoms with Crippen LogP contribution in [0.25, 0.3) is 0 Å². The van der Waals surface area contributed by atoms with Crippen LogP contribution in [0.2, 0.25) is 0 Å². The molecule has 18 heavy (non-hydrogen) atoms. The first-order valence-electron chi connectivity index (χ1n) is 6.74. The van der Waals surface area contributed by atoms with E-state index in [0.29, 0.717) is 12.5 Å². The van der Waals surface area contributed by atoms with Gasteiger partial charge in [0.15, 0.2) is 0 Å². The van der Waals surface area contributed by atoms with Crippen LogP contribution in [0, 0.1) is 11.8 Å². The van der Waals surface area contributed by atoms with E-state index in [9.17, 15) is 9.90 Å². The van der Waals surface area contributed by atoms with Crippen molar-refractivity contribution in [2.75, 3.05) is 6.54 Å². The van der Waals surface area contributed by atoms with Gasteiger partial charge in [0.25, 0.3) is 0 Å². The molecular formula is C14H19NO2S. The highest BCUT2D eigenvalue weighted by molar-refractivity contribution is 7.10. The summed E-state index contributed by atoms with van der Waals surface area (Å²) in [5, 5.41) is 15.8. The van der Waals surface area contributed by atoms with Gasteiger partial charge < -0.3 is 10.4 Å². The molecule has 0 spiro atoms. The summed E-state index contributed by atoms with van der Waals surface area (Å²) in [6.07, 6.45) is 5.30. The van der Waals surface area contributed by atoms with Crippen molar-refractivity contribution in [3.8, 4) is 0 Å². The molecule has 2 N–H and O–H groups in total. The maximum Gasteiger partial charge on any atom is 0.223 e. The third-order valence-electron chi connectivity index (χ3n) is 4.21. The molecule has 1 atom stereocenters. The van der Waals surface area contributed by atoms with Gasteiger partial charge >= 0.3 is 0 Å². The van der Waals surface area contributed by atoms with Crippen molar-refractivity contribution in [2.45, 2.75) is 37.7 Å². The molecule has 1 heterocycles. The minimum Gasteiger partial charge on any atom is -0.382 e. The van der Waals surface area contributed by atoms with Crippen molar-refractivity contribution < 1.29 is 9.90 Å². The van der Waals surface area contributed by atoms with E-state index in [0.717, 1.165) is 37.0 Å². The summed E-state index contributed by atoms with van der Waals surface area (Å²) >= 11 is 1.58. The molecule has 0 unspecified atom stereocenters. The minimum absolute atomic E-state index is 0.122. The largest absolute Gasteiger partial charge is 0.382 e. The number of thiophene rings is 1. The van der Waals surface area contributed by atoms with Crippen LogP contribution in [-0.2, 0) is 10.4 Å². The number of hydrogen-bond acceptors (Lipinski definition) is 3. The highest BCUT2D eigenvalue weighted by Crippen LogP contribution is 2.46. The number of amides is 1. The summed E-state index contributed by atoms with van der Waals surface area (Å²) in [6, 6.07) is 3.93. The van der Waals surface area contributed by atoms with Crippen molar-refractivity contribution in [1.82, 2.24) is 5.32 Å².